The van der Waals surface area contributed by atoms with Crippen LogP contribution in [0.2, 0.25) is 0 Å². The summed E-state index contributed by atoms with van der Waals surface area (Å²) in [6, 6.07) is 14.3. The number of halogens is 3. The lowest BCUT2D eigenvalue weighted by molar-refractivity contribution is -0.137. The number of alkyl halides is 3. The highest BCUT2D eigenvalue weighted by molar-refractivity contribution is 5.90. The molecule has 214 valence electrons. The number of aliphatic hydroxyl groups is 1. The first kappa shape index (κ1) is 28.2. The standard InChI is InChI=1S/C29H30F3N7O2/c1-18-26(25-11-12-34-39(25)23-9-7-19(16-33)8-10-23)38(27(40)35-22-13-20(14-22)17-36(2)3)28(41)37(18)24-6-4-5-21(15-24)29(30,31)32/h4-12,15,20,22,28,41H,13-14,17H2,1-3H3,(H,35,40). The van der Waals surface area contributed by atoms with Crippen LogP contribution >= 0.6 is 0 Å². The van der Waals surface area contributed by atoms with Crippen molar-refractivity contribution < 1.29 is 23.1 Å². The number of amides is 2. The van der Waals surface area contributed by atoms with Gasteiger partial charge in [-0.1, -0.05) is 6.07 Å². The lowest BCUT2D eigenvalue weighted by Gasteiger charge is -2.39. The van der Waals surface area contributed by atoms with Crippen LogP contribution in [0.4, 0.5) is 23.7 Å². The van der Waals surface area contributed by atoms with Gasteiger partial charge in [-0.15, -0.1) is 0 Å². The summed E-state index contributed by atoms with van der Waals surface area (Å²) in [6.07, 6.45) is -3.10. The number of urea groups is 1. The minimum Gasteiger partial charge on any atom is -0.356 e. The number of nitrogens with zero attached hydrogens (tertiary/aromatic N) is 6. The number of hydrogen-bond acceptors (Lipinski definition) is 6. The molecule has 41 heavy (non-hydrogen) atoms. The number of carbonyl (C=O) groups is 1. The molecule has 1 unspecified atom stereocenters. The van der Waals surface area contributed by atoms with Gasteiger partial charge in [-0.05, 0) is 88.3 Å². The predicted octanol–water partition coefficient (Wildman–Crippen LogP) is 4.60. The highest BCUT2D eigenvalue weighted by Crippen LogP contribution is 2.41. The summed E-state index contributed by atoms with van der Waals surface area (Å²) in [7, 11) is 3.98. The van der Waals surface area contributed by atoms with E-state index in [9.17, 15) is 28.3 Å². The molecule has 0 bridgehead atoms. The van der Waals surface area contributed by atoms with Crippen molar-refractivity contribution in [1.82, 2.24) is 24.9 Å². The van der Waals surface area contributed by atoms with E-state index in [-0.39, 0.29) is 11.7 Å². The second kappa shape index (κ2) is 10.9. The minimum absolute atomic E-state index is 0.0803. The molecule has 2 N–H and O–H groups in total. The first-order valence-electron chi connectivity index (χ1n) is 13.1. The Morgan fingerprint density at radius 3 is 2.49 bits per heavy atom. The molecular weight excluding hydrogens is 535 g/mol. The fourth-order valence-electron chi connectivity index (χ4n) is 5.50. The molecule has 1 atom stereocenters. The summed E-state index contributed by atoms with van der Waals surface area (Å²) in [6.45, 7) is 2.54. The van der Waals surface area contributed by atoms with Crippen molar-refractivity contribution in [3.05, 3.63) is 83.3 Å². The van der Waals surface area contributed by atoms with Gasteiger partial charge in [0, 0.05) is 24.0 Å². The number of nitrogens with one attached hydrogen (secondary N) is 1. The molecule has 12 heteroatoms. The molecular formula is C29H30F3N7O2. The minimum atomic E-state index is -4.58. The summed E-state index contributed by atoms with van der Waals surface area (Å²) < 4.78 is 42.2. The SMILES string of the molecule is CC1=C(c2ccnn2-c2ccc(C#N)cc2)N(C(=O)NC2CC(CN(C)C)C2)C(O)N1c1cccc(C(F)(F)F)c1. The Kier molecular flexibility index (Phi) is 7.50. The quantitative estimate of drug-likeness (QED) is 0.453. The Labute approximate surface area is 235 Å². The fraction of sp³-hybridized carbons (Fsp3) is 0.345. The number of benzene rings is 2. The van der Waals surface area contributed by atoms with Crippen molar-refractivity contribution in [3.63, 3.8) is 0 Å². The summed E-state index contributed by atoms with van der Waals surface area (Å²) in [5.41, 5.74) is 1.36. The van der Waals surface area contributed by atoms with Crippen LogP contribution in [0.25, 0.3) is 11.4 Å². The molecule has 1 fully saturated rings. The molecule has 0 radical (unpaired) electrons. The Hall–Kier alpha value is -4.34. The van der Waals surface area contributed by atoms with Crippen molar-refractivity contribution >= 4 is 17.4 Å². The topological polar surface area (TPSA) is 101 Å². The van der Waals surface area contributed by atoms with E-state index in [1.165, 1.54) is 23.2 Å². The monoisotopic (exact) mass is 565 g/mol. The van der Waals surface area contributed by atoms with Gasteiger partial charge < -0.3 is 15.3 Å². The van der Waals surface area contributed by atoms with Crippen molar-refractivity contribution in [3.8, 4) is 11.8 Å². The van der Waals surface area contributed by atoms with E-state index in [0.29, 0.717) is 34.3 Å². The lowest BCUT2D eigenvalue weighted by Crippen LogP contribution is -2.54. The Morgan fingerprint density at radius 1 is 1.15 bits per heavy atom. The number of anilines is 1. The molecule has 1 saturated carbocycles. The first-order valence-corrected chi connectivity index (χ1v) is 13.1. The second-order valence-electron chi connectivity index (χ2n) is 10.6. The van der Waals surface area contributed by atoms with E-state index in [4.69, 9.17) is 0 Å². The zero-order valence-electron chi connectivity index (χ0n) is 22.8. The van der Waals surface area contributed by atoms with E-state index >= 15 is 0 Å². The van der Waals surface area contributed by atoms with Gasteiger partial charge in [0.05, 0.1) is 40.5 Å². The van der Waals surface area contributed by atoms with E-state index in [0.717, 1.165) is 36.4 Å². The number of nitriles is 1. The van der Waals surface area contributed by atoms with E-state index in [1.807, 2.05) is 14.1 Å². The van der Waals surface area contributed by atoms with Gasteiger partial charge >= 0.3 is 12.2 Å². The summed E-state index contributed by atoms with van der Waals surface area (Å²) in [4.78, 5) is 18.3. The van der Waals surface area contributed by atoms with Crippen LogP contribution in [0.5, 0.6) is 0 Å². The van der Waals surface area contributed by atoms with Crippen molar-refractivity contribution in [2.75, 3.05) is 25.5 Å². The molecule has 2 heterocycles. The number of hydrogen-bond donors (Lipinski definition) is 2. The number of carbonyl (C=O) groups excluding carboxylic acids is 1. The van der Waals surface area contributed by atoms with Crippen molar-refractivity contribution in [1.29, 1.82) is 5.26 Å². The maximum Gasteiger partial charge on any atom is 0.416 e. The third-order valence-corrected chi connectivity index (χ3v) is 7.39. The number of aromatic nitrogens is 2. The van der Waals surface area contributed by atoms with Crippen molar-refractivity contribution in [2.45, 2.75) is 38.3 Å². The van der Waals surface area contributed by atoms with E-state index < -0.39 is 24.1 Å². The molecule has 1 aliphatic carbocycles. The van der Waals surface area contributed by atoms with Gasteiger partial charge in [-0.25, -0.2) is 14.4 Å². The molecule has 0 saturated heterocycles. The molecule has 0 spiro atoms. The van der Waals surface area contributed by atoms with Gasteiger partial charge in [-0.2, -0.15) is 23.5 Å². The Bertz CT molecular complexity index is 1500. The van der Waals surface area contributed by atoms with Gasteiger partial charge in [-0.3, -0.25) is 4.90 Å². The molecule has 2 amide bonds. The van der Waals surface area contributed by atoms with Crippen LogP contribution in [0.15, 0.2) is 66.5 Å². The van der Waals surface area contributed by atoms with Gasteiger partial charge in [0.15, 0.2) is 0 Å². The normalized spacial score (nSPS) is 20.8. The predicted molar refractivity (Wildman–Crippen MR) is 146 cm³/mol. The third-order valence-electron chi connectivity index (χ3n) is 7.39. The molecule has 2 aromatic carbocycles. The number of rotatable bonds is 6. The largest absolute Gasteiger partial charge is 0.416 e. The van der Waals surface area contributed by atoms with Crippen LogP contribution in [0.3, 0.4) is 0 Å². The summed E-state index contributed by atoms with van der Waals surface area (Å²) in [5, 5.41) is 28.1. The molecule has 9 nitrogen and oxygen atoms in total. The van der Waals surface area contributed by atoms with Gasteiger partial charge in [0.25, 0.3) is 0 Å². The zero-order valence-corrected chi connectivity index (χ0v) is 22.8. The maximum atomic E-state index is 13.7. The number of allylic oxidation sites excluding steroid dienone is 1. The third kappa shape index (κ3) is 5.51. The molecule has 1 aromatic heterocycles. The summed E-state index contributed by atoms with van der Waals surface area (Å²) >= 11 is 0. The summed E-state index contributed by atoms with van der Waals surface area (Å²) in [5.74, 6) is 0.440. The Morgan fingerprint density at radius 2 is 1.85 bits per heavy atom. The van der Waals surface area contributed by atoms with Crippen LogP contribution in [0.1, 0.15) is 36.6 Å². The Balaban J connectivity index is 1.54. The van der Waals surface area contributed by atoms with Crippen molar-refractivity contribution in [2.24, 2.45) is 5.92 Å². The smallest absolute Gasteiger partial charge is 0.356 e. The van der Waals surface area contributed by atoms with Crippen LogP contribution in [-0.2, 0) is 6.18 Å². The average Bonchev–Trinajstić information content (AvgIpc) is 3.48. The highest BCUT2D eigenvalue weighted by Gasteiger charge is 2.44. The molecule has 2 aliphatic rings. The number of aliphatic hydroxyl groups excluding tert-OH is 1. The molecule has 1 aliphatic heterocycles. The maximum absolute atomic E-state index is 13.7. The van der Waals surface area contributed by atoms with Crippen LogP contribution < -0.4 is 10.2 Å². The zero-order chi connectivity index (χ0) is 29.5. The van der Waals surface area contributed by atoms with Gasteiger partial charge in [0.1, 0.15) is 0 Å². The van der Waals surface area contributed by atoms with E-state index in [2.05, 4.69) is 21.4 Å². The second-order valence-corrected chi connectivity index (χ2v) is 10.6. The van der Waals surface area contributed by atoms with E-state index in [1.54, 1.807) is 41.9 Å². The molecule has 5 rings (SSSR count). The van der Waals surface area contributed by atoms with Crippen LogP contribution in [-0.4, -0.2) is 63.8 Å². The lowest BCUT2D eigenvalue weighted by atomic mass is 9.80. The van der Waals surface area contributed by atoms with Crippen LogP contribution in [0, 0.1) is 17.2 Å². The highest BCUT2D eigenvalue weighted by atomic mass is 19.4. The fourth-order valence-corrected chi connectivity index (χ4v) is 5.50. The average molecular weight is 566 g/mol. The molecule has 3 aromatic rings. The first-order chi connectivity index (χ1) is 19.5. The van der Waals surface area contributed by atoms with Gasteiger partial charge in [0.2, 0.25) is 6.35 Å².